The van der Waals surface area contributed by atoms with Crippen molar-refractivity contribution in [2.45, 2.75) is 50.0 Å². The maximum atomic E-state index is 13.1. The Balaban J connectivity index is 1.10. The van der Waals surface area contributed by atoms with E-state index in [-0.39, 0.29) is 5.91 Å². The van der Waals surface area contributed by atoms with Gasteiger partial charge in [0.05, 0.1) is 4.90 Å². The van der Waals surface area contributed by atoms with Gasteiger partial charge in [0.2, 0.25) is 15.8 Å². The highest BCUT2D eigenvalue weighted by atomic mass is 32.2. The number of carbonyl (C=O) groups excluding carboxylic acids is 1. The predicted octanol–water partition coefficient (Wildman–Crippen LogP) is 3.23. The van der Waals surface area contributed by atoms with Crippen LogP contribution < -0.4 is 5.32 Å². The molecule has 0 aliphatic carbocycles. The van der Waals surface area contributed by atoms with Crippen LogP contribution in [0.5, 0.6) is 0 Å². The average molecular weight is 537 g/mol. The van der Waals surface area contributed by atoms with Gasteiger partial charge in [-0.15, -0.1) is 10.2 Å². The molecule has 0 atom stereocenters. The molecular formula is C28H36N6O3S. The number of fused-ring (bicyclic) bond motifs is 1. The number of amides is 1. The van der Waals surface area contributed by atoms with E-state index in [1.165, 1.54) is 5.56 Å². The van der Waals surface area contributed by atoms with Gasteiger partial charge in [-0.05, 0) is 61.9 Å². The van der Waals surface area contributed by atoms with Gasteiger partial charge in [0.25, 0.3) is 5.91 Å². The zero-order valence-electron chi connectivity index (χ0n) is 22.0. The van der Waals surface area contributed by atoms with E-state index in [1.54, 1.807) is 22.0 Å². The van der Waals surface area contributed by atoms with Gasteiger partial charge in [0.15, 0.2) is 5.82 Å². The second-order valence-corrected chi connectivity index (χ2v) is 12.1. The molecule has 1 aromatic heterocycles. The number of sulfonamides is 1. The number of unbranched alkanes of at least 4 members (excludes halogenated alkanes) is 1. The second-order valence-electron chi connectivity index (χ2n) is 10.2. The fourth-order valence-electron chi connectivity index (χ4n) is 5.30. The first-order valence-electron chi connectivity index (χ1n) is 13.5. The molecule has 3 aromatic rings. The maximum absolute atomic E-state index is 13.1. The molecule has 0 unspecified atom stereocenters. The number of rotatable bonds is 9. The van der Waals surface area contributed by atoms with Gasteiger partial charge < -0.3 is 9.88 Å². The molecule has 5 rings (SSSR count). The zero-order chi connectivity index (χ0) is 26.5. The molecule has 202 valence electrons. The molecule has 2 aliphatic rings. The molecule has 1 amide bonds. The second kappa shape index (κ2) is 11.8. The monoisotopic (exact) mass is 536 g/mol. The molecule has 0 spiro atoms. The fraction of sp³-hybridized carbons (Fsp3) is 0.464. The first-order chi connectivity index (χ1) is 18.4. The normalized spacial score (nSPS) is 16.8. The van der Waals surface area contributed by atoms with Crippen LogP contribution in [0.3, 0.4) is 0 Å². The quantitative estimate of drug-likeness (QED) is 0.422. The largest absolute Gasteiger partial charge is 0.349 e. The summed E-state index contributed by atoms with van der Waals surface area (Å²) in [6.07, 6.45) is 5.69. The van der Waals surface area contributed by atoms with E-state index in [2.05, 4.69) is 20.4 Å². The Bertz CT molecular complexity index is 1370. The van der Waals surface area contributed by atoms with Crippen molar-refractivity contribution in [3.63, 3.8) is 0 Å². The van der Waals surface area contributed by atoms with Gasteiger partial charge in [-0.25, -0.2) is 8.42 Å². The molecule has 3 heterocycles. The van der Waals surface area contributed by atoms with Crippen molar-refractivity contribution in [2.24, 2.45) is 7.05 Å². The highest BCUT2D eigenvalue weighted by Crippen LogP contribution is 2.26. The molecule has 10 heteroatoms. The Kier molecular flexibility index (Phi) is 8.21. The van der Waals surface area contributed by atoms with Gasteiger partial charge in [-0.1, -0.05) is 42.8 Å². The number of piperidine rings is 1. The minimum absolute atomic E-state index is 0.225. The van der Waals surface area contributed by atoms with Crippen LogP contribution in [0.2, 0.25) is 0 Å². The Morgan fingerprint density at radius 3 is 2.53 bits per heavy atom. The van der Waals surface area contributed by atoms with Crippen LogP contribution in [0.15, 0.2) is 53.4 Å². The molecule has 0 saturated carbocycles. The summed E-state index contributed by atoms with van der Waals surface area (Å²) >= 11 is 0. The SMILES string of the molecule is Cn1c(C(=O)NCCCCN2CCc3ccc(S(=O)(=O)N4CCCCC4)cc3C2)nnc1-c1ccccc1. The first-order valence-corrected chi connectivity index (χ1v) is 14.9. The summed E-state index contributed by atoms with van der Waals surface area (Å²) in [5, 5.41) is 11.2. The third-order valence-electron chi connectivity index (χ3n) is 7.52. The number of hydrogen-bond donors (Lipinski definition) is 1. The van der Waals surface area contributed by atoms with E-state index in [1.807, 2.05) is 42.5 Å². The Morgan fingerprint density at radius 2 is 1.74 bits per heavy atom. The number of nitrogens with one attached hydrogen (secondary N) is 1. The predicted molar refractivity (Wildman–Crippen MR) is 146 cm³/mol. The van der Waals surface area contributed by atoms with Gasteiger partial charge in [-0.2, -0.15) is 4.31 Å². The third-order valence-corrected chi connectivity index (χ3v) is 9.41. The molecule has 2 aromatic carbocycles. The standard InChI is InChI=1S/C28H36N6O3S/c1-32-26(23-10-4-2-5-11-23)30-31-27(32)28(35)29-15-6-9-16-33-19-14-22-12-13-25(20-24(22)21-33)38(36,37)34-17-7-3-8-18-34/h2,4-5,10-13,20H,3,6-9,14-19,21H2,1H3,(H,29,35). The molecular weight excluding hydrogens is 500 g/mol. The highest BCUT2D eigenvalue weighted by molar-refractivity contribution is 7.89. The van der Waals surface area contributed by atoms with Crippen molar-refractivity contribution in [3.05, 3.63) is 65.5 Å². The van der Waals surface area contributed by atoms with Crippen LogP contribution in [-0.4, -0.2) is 71.0 Å². The summed E-state index contributed by atoms with van der Waals surface area (Å²) in [7, 11) is -1.62. The number of aromatic nitrogens is 3. The zero-order valence-corrected chi connectivity index (χ0v) is 22.8. The van der Waals surface area contributed by atoms with Crippen molar-refractivity contribution < 1.29 is 13.2 Å². The van der Waals surface area contributed by atoms with Crippen LogP contribution in [-0.2, 0) is 30.0 Å². The van der Waals surface area contributed by atoms with Crippen molar-refractivity contribution in [1.82, 2.24) is 29.3 Å². The lowest BCUT2D eigenvalue weighted by atomic mass is 10.00. The van der Waals surface area contributed by atoms with Crippen LogP contribution >= 0.6 is 0 Å². The molecule has 1 saturated heterocycles. The Hall–Kier alpha value is -3.08. The summed E-state index contributed by atoms with van der Waals surface area (Å²) in [4.78, 5) is 15.4. The van der Waals surface area contributed by atoms with E-state index in [9.17, 15) is 13.2 Å². The molecule has 0 radical (unpaired) electrons. The van der Waals surface area contributed by atoms with E-state index in [4.69, 9.17) is 0 Å². The number of nitrogens with zero attached hydrogens (tertiary/aromatic N) is 5. The van der Waals surface area contributed by atoms with Crippen LogP contribution in [0.4, 0.5) is 0 Å². The summed E-state index contributed by atoms with van der Waals surface area (Å²) in [5.41, 5.74) is 3.27. The fourth-order valence-corrected chi connectivity index (χ4v) is 6.87. The topological polar surface area (TPSA) is 100 Å². The molecule has 9 nitrogen and oxygen atoms in total. The van der Waals surface area contributed by atoms with Crippen molar-refractivity contribution in [3.8, 4) is 11.4 Å². The maximum Gasteiger partial charge on any atom is 0.289 e. The Morgan fingerprint density at radius 1 is 0.947 bits per heavy atom. The number of benzene rings is 2. The lowest BCUT2D eigenvalue weighted by Gasteiger charge is -2.30. The molecule has 1 fully saturated rings. The van der Waals surface area contributed by atoms with Crippen molar-refractivity contribution in [2.75, 3.05) is 32.7 Å². The van der Waals surface area contributed by atoms with E-state index >= 15 is 0 Å². The lowest BCUT2D eigenvalue weighted by Crippen LogP contribution is -2.36. The van der Waals surface area contributed by atoms with Gasteiger partial charge in [0, 0.05) is 45.3 Å². The summed E-state index contributed by atoms with van der Waals surface area (Å²) in [6, 6.07) is 15.3. The molecule has 0 bridgehead atoms. The minimum Gasteiger partial charge on any atom is -0.349 e. The van der Waals surface area contributed by atoms with Crippen molar-refractivity contribution >= 4 is 15.9 Å². The van der Waals surface area contributed by atoms with Crippen LogP contribution in [0, 0.1) is 0 Å². The van der Waals surface area contributed by atoms with Crippen LogP contribution in [0.25, 0.3) is 11.4 Å². The molecule has 38 heavy (non-hydrogen) atoms. The van der Waals surface area contributed by atoms with Crippen LogP contribution in [0.1, 0.15) is 53.8 Å². The van der Waals surface area contributed by atoms with E-state index in [0.29, 0.717) is 36.2 Å². The van der Waals surface area contributed by atoms with E-state index < -0.39 is 10.0 Å². The number of hydrogen-bond acceptors (Lipinski definition) is 6. The molecule has 2 aliphatic heterocycles. The van der Waals surface area contributed by atoms with E-state index in [0.717, 1.165) is 69.3 Å². The van der Waals surface area contributed by atoms with Crippen molar-refractivity contribution in [1.29, 1.82) is 0 Å². The summed E-state index contributed by atoms with van der Waals surface area (Å²) in [6.45, 7) is 4.42. The lowest BCUT2D eigenvalue weighted by molar-refractivity contribution is 0.0938. The summed E-state index contributed by atoms with van der Waals surface area (Å²) in [5.74, 6) is 0.733. The summed E-state index contributed by atoms with van der Waals surface area (Å²) < 4.78 is 29.6. The smallest absolute Gasteiger partial charge is 0.289 e. The minimum atomic E-state index is -3.42. The van der Waals surface area contributed by atoms with Gasteiger partial charge in [0.1, 0.15) is 0 Å². The van der Waals surface area contributed by atoms with Gasteiger partial charge in [-0.3, -0.25) is 9.69 Å². The average Bonchev–Trinajstić information content (AvgIpc) is 3.34. The third kappa shape index (κ3) is 5.82. The van der Waals surface area contributed by atoms with Gasteiger partial charge >= 0.3 is 0 Å². The first kappa shape index (κ1) is 26.5. The Labute approximate surface area is 224 Å². The highest BCUT2D eigenvalue weighted by Gasteiger charge is 2.27. The molecule has 1 N–H and O–H groups in total. The number of carbonyl (C=O) groups is 1.